The molecule has 0 atom stereocenters. The van der Waals surface area contributed by atoms with Gasteiger partial charge in [0.1, 0.15) is 17.7 Å². The second-order valence-corrected chi connectivity index (χ2v) is 4.73. The molecule has 0 saturated carbocycles. The zero-order chi connectivity index (χ0) is 13.8. The number of amides is 1. The molecule has 1 amide bonds. The standard InChI is InChI=1S/C13H16FNO3/c1-13(2,3)18-12(17)15(8-9-16)11-6-4-10(14)5-7-11/h4-7,9H,8H2,1-3H3. The zero-order valence-electron chi connectivity index (χ0n) is 10.6. The molecule has 0 N–H and O–H groups in total. The largest absolute Gasteiger partial charge is 0.443 e. The monoisotopic (exact) mass is 253 g/mol. The molecular weight excluding hydrogens is 237 g/mol. The van der Waals surface area contributed by atoms with E-state index in [1.165, 1.54) is 24.3 Å². The average Bonchev–Trinajstić information content (AvgIpc) is 2.25. The first-order valence-corrected chi connectivity index (χ1v) is 5.53. The Labute approximate surface area is 105 Å². The van der Waals surface area contributed by atoms with Crippen molar-refractivity contribution in [1.29, 1.82) is 0 Å². The Morgan fingerprint density at radius 3 is 2.33 bits per heavy atom. The normalized spacial score (nSPS) is 10.9. The molecule has 1 rings (SSSR count). The van der Waals surface area contributed by atoms with E-state index in [9.17, 15) is 14.0 Å². The molecular formula is C13H16FNO3. The molecule has 4 nitrogen and oxygen atoms in total. The van der Waals surface area contributed by atoms with Crippen molar-refractivity contribution in [3.63, 3.8) is 0 Å². The number of carbonyl (C=O) groups is 2. The van der Waals surface area contributed by atoms with Gasteiger partial charge in [-0.1, -0.05) is 0 Å². The molecule has 0 aliphatic rings. The van der Waals surface area contributed by atoms with Crippen molar-refractivity contribution in [3.05, 3.63) is 30.1 Å². The van der Waals surface area contributed by atoms with Crippen molar-refractivity contribution in [2.24, 2.45) is 0 Å². The number of halogens is 1. The van der Waals surface area contributed by atoms with Gasteiger partial charge in [-0.3, -0.25) is 4.90 Å². The Morgan fingerprint density at radius 2 is 1.89 bits per heavy atom. The molecule has 1 aromatic rings. The molecule has 0 aliphatic carbocycles. The van der Waals surface area contributed by atoms with Gasteiger partial charge in [0.15, 0.2) is 0 Å². The average molecular weight is 253 g/mol. The Hall–Kier alpha value is -1.91. The van der Waals surface area contributed by atoms with Crippen LogP contribution in [0.1, 0.15) is 20.8 Å². The maximum absolute atomic E-state index is 12.8. The SMILES string of the molecule is CC(C)(C)OC(=O)N(CC=O)c1ccc(F)cc1. The fourth-order valence-corrected chi connectivity index (χ4v) is 1.30. The van der Waals surface area contributed by atoms with Crippen molar-refractivity contribution in [2.75, 3.05) is 11.4 Å². The number of hydrogen-bond donors (Lipinski definition) is 0. The number of hydrogen-bond acceptors (Lipinski definition) is 3. The van der Waals surface area contributed by atoms with Crippen LogP contribution in [0.4, 0.5) is 14.9 Å². The van der Waals surface area contributed by atoms with Gasteiger partial charge in [-0.05, 0) is 45.0 Å². The number of benzene rings is 1. The van der Waals surface area contributed by atoms with Crippen molar-refractivity contribution in [3.8, 4) is 0 Å². The second kappa shape index (κ2) is 5.62. The molecule has 0 bridgehead atoms. The highest BCUT2D eigenvalue weighted by Gasteiger charge is 2.23. The summed E-state index contributed by atoms with van der Waals surface area (Å²) in [7, 11) is 0. The maximum atomic E-state index is 12.8. The molecule has 0 spiro atoms. The van der Waals surface area contributed by atoms with Gasteiger partial charge in [-0.2, -0.15) is 0 Å². The van der Waals surface area contributed by atoms with E-state index in [0.29, 0.717) is 12.0 Å². The summed E-state index contributed by atoms with van der Waals surface area (Å²) in [5, 5.41) is 0. The third-order valence-corrected chi connectivity index (χ3v) is 2.01. The van der Waals surface area contributed by atoms with Crippen LogP contribution in [0.3, 0.4) is 0 Å². The summed E-state index contributed by atoms with van der Waals surface area (Å²) in [6.45, 7) is 5.05. The smallest absolute Gasteiger partial charge is 0.415 e. The molecule has 98 valence electrons. The predicted octanol–water partition coefficient (Wildman–Crippen LogP) is 2.77. The molecule has 0 fully saturated rings. The number of rotatable bonds is 3. The van der Waals surface area contributed by atoms with Crippen LogP contribution >= 0.6 is 0 Å². The summed E-state index contributed by atoms with van der Waals surface area (Å²) >= 11 is 0. The topological polar surface area (TPSA) is 46.6 Å². The molecule has 1 aromatic carbocycles. The van der Waals surface area contributed by atoms with Crippen LogP contribution in [0.15, 0.2) is 24.3 Å². The van der Waals surface area contributed by atoms with E-state index >= 15 is 0 Å². The lowest BCUT2D eigenvalue weighted by Crippen LogP contribution is -2.38. The van der Waals surface area contributed by atoms with Gasteiger partial charge in [0.25, 0.3) is 0 Å². The minimum absolute atomic E-state index is 0.138. The summed E-state index contributed by atoms with van der Waals surface area (Å²) in [4.78, 5) is 23.6. The molecule has 0 aromatic heterocycles. The molecule has 0 radical (unpaired) electrons. The van der Waals surface area contributed by atoms with Crippen LogP contribution in [0.5, 0.6) is 0 Å². The predicted molar refractivity (Wildman–Crippen MR) is 66.0 cm³/mol. The number of carbonyl (C=O) groups excluding carboxylic acids is 2. The minimum atomic E-state index is -0.655. The van der Waals surface area contributed by atoms with E-state index in [0.717, 1.165) is 4.90 Å². The lowest BCUT2D eigenvalue weighted by Gasteiger charge is -2.26. The first kappa shape index (κ1) is 14.2. The van der Waals surface area contributed by atoms with E-state index in [1.54, 1.807) is 20.8 Å². The minimum Gasteiger partial charge on any atom is -0.443 e. The molecule has 18 heavy (non-hydrogen) atoms. The Morgan fingerprint density at radius 1 is 1.33 bits per heavy atom. The summed E-state index contributed by atoms with van der Waals surface area (Å²) in [5.41, 5.74) is -0.240. The van der Waals surface area contributed by atoms with E-state index in [2.05, 4.69) is 0 Å². The van der Waals surface area contributed by atoms with Crippen LogP contribution in [0.2, 0.25) is 0 Å². The van der Waals surface area contributed by atoms with Crippen LogP contribution in [0, 0.1) is 5.82 Å². The Balaban J connectivity index is 2.91. The molecule has 0 unspecified atom stereocenters. The summed E-state index contributed by atoms with van der Waals surface area (Å²) in [6.07, 6.45) is -0.0472. The van der Waals surface area contributed by atoms with Crippen molar-refractivity contribution in [1.82, 2.24) is 0 Å². The van der Waals surface area contributed by atoms with Crippen LogP contribution in [-0.2, 0) is 9.53 Å². The lowest BCUT2D eigenvalue weighted by atomic mass is 10.2. The maximum Gasteiger partial charge on any atom is 0.415 e. The van der Waals surface area contributed by atoms with Gasteiger partial charge in [0.05, 0.1) is 6.54 Å². The third-order valence-electron chi connectivity index (χ3n) is 2.01. The molecule has 5 heteroatoms. The van der Waals surface area contributed by atoms with Gasteiger partial charge in [0.2, 0.25) is 0 Å². The van der Waals surface area contributed by atoms with Crippen LogP contribution < -0.4 is 4.90 Å². The van der Waals surface area contributed by atoms with E-state index in [4.69, 9.17) is 4.74 Å². The summed E-state index contributed by atoms with van der Waals surface area (Å²) < 4.78 is 18.0. The van der Waals surface area contributed by atoms with E-state index in [1.807, 2.05) is 0 Å². The summed E-state index contributed by atoms with van der Waals surface area (Å²) in [5.74, 6) is -0.408. The lowest BCUT2D eigenvalue weighted by molar-refractivity contribution is -0.106. The first-order chi connectivity index (χ1) is 8.33. The Bertz CT molecular complexity index is 423. The second-order valence-electron chi connectivity index (χ2n) is 4.73. The van der Waals surface area contributed by atoms with Gasteiger partial charge in [-0.25, -0.2) is 9.18 Å². The number of ether oxygens (including phenoxy) is 1. The van der Waals surface area contributed by atoms with E-state index < -0.39 is 17.5 Å². The highest BCUT2D eigenvalue weighted by atomic mass is 19.1. The third kappa shape index (κ3) is 4.16. The Kier molecular flexibility index (Phi) is 4.42. The molecule has 0 aliphatic heterocycles. The highest BCUT2D eigenvalue weighted by Crippen LogP contribution is 2.18. The molecule has 0 saturated heterocycles. The van der Waals surface area contributed by atoms with E-state index in [-0.39, 0.29) is 6.54 Å². The zero-order valence-corrected chi connectivity index (χ0v) is 10.6. The fraction of sp³-hybridized carbons (Fsp3) is 0.385. The first-order valence-electron chi connectivity index (χ1n) is 5.53. The van der Waals surface area contributed by atoms with Gasteiger partial charge in [-0.15, -0.1) is 0 Å². The van der Waals surface area contributed by atoms with Crippen molar-refractivity contribution in [2.45, 2.75) is 26.4 Å². The van der Waals surface area contributed by atoms with Crippen LogP contribution in [-0.4, -0.2) is 24.5 Å². The number of nitrogens with zero attached hydrogens (tertiary/aromatic N) is 1. The van der Waals surface area contributed by atoms with Gasteiger partial charge < -0.3 is 9.53 Å². The van der Waals surface area contributed by atoms with Gasteiger partial charge >= 0.3 is 6.09 Å². The number of anilines is 1. The van der Waals surface area contributed by atoms with Gasteiger partial charge in [0, 0.05) is 5.69 Å². The van der Waals surface area contributed by atoms with Crippen molar-refractivity contribution >= 4 is 18.1 Å². The van der Waals surface area contributed by atoms with Crippen molar-refractivity contribution < 1.29 is 18.7 Å². The molecule has 0 heterocycles. The number of aldehydes is 1. The fourth-order valence-electron chi connectivity index (χ4n) is 1.30. The highest BCUT2D eigenvalue weighted by molar-refractivity contribution is 5.90. The quantitative estimate of drug-likeness (QED) is 0.778. The summed E-state index contributed by atoms with van der Waals surface area (Å²) in [6, 6.07) is 5.28. The van der Waals surface area contributed by atoms with Crippen LogP contribution in [0.25, 0.3) is 0 Å².